The number of aliphatic hydroxyl groups excluding tert-OH is 1. The van der Waals surface area contributed by atoms with Crippen LogP contribution in [0.3, 0.4) is 0 Å². The predicted molar refractivity (Wildman–Crippen MR) is 73.9 cm³/mol. The van der Waals surface area contributed by atoms with Crippen molar-refractivity contribution in [1.29, 1.82) is 0 Å². The molecule has 19 heavy (non-hydrogen) atoms. The van der Waals surface area contributed by atoms with E-state index in [0.717, 1.165) is 23.3 Å². The Morgan fingerprint density at radius 2 is 2.21 bits per heavy atom. The van der Waals surface area contributed by atoms with E-state index in [1.165, 1.54) is 4.90 Å². The maximum Gasteiger partial charge on any atom is 0.252 e. The van der Waals surface area contributed by atoms with Crippen molar-refractivity contribution < 1.29 is 14.6 Å². The van der Waals surface area contributed by atoms with Crippen LogP contribution in [-0.2, 0) is 17.8 Å². The van der Waals surface area contributed by atoms with Gasteiger partial charge in [0.2, 0.25) is 0 Å². The summed E-state index contributed by atoms with van der Waals surface area (Å²) in [5.74, 6) is 0.485. The normalized spacial score (nSPS) is 12.1. The van der Waals surface area contributed by atoms with Crippen molar-refractivity contribution in [3.8, 4) is 5.75 Å². The molecule has 5 heteroatoms. The van der Waals surface area contributed by atoms with Gasteiger partial charge in [-0.25, -0.2) is 0 Å². The van der Waals surface area contributed by atoms with E-state index >= 15 is 0 Å². The highest BCUT2D eigenvalue weighted by Crippen LogP contribution is 2.21. The summed E-state index contributed by atoms with van der Waals surface area (Å²) >= 11 is 0. The third-order valence-electron chi connectivity index (χ3n) is 3.03. The second kappa shape index (κ2) is 7.11. The summed E-state index contributed by atoms with van der Waals surface area (Å²) < 4.78 is 5.26. The zero-order valence-electron chi connectivity index (χ0n) is 11.7. The van der Waals surface area contributed by atoms with Crippen LogP contribution in [0, 0.1) is 0 Å². The molecular formula is C14H22N2O3. The summed E-state index contributed by atoms with van der Waals surface area (Å²) in [6, 6.07) is 5.82. The van der Waals surface area contributed by atoms with Gasteiger partial charge < -0.3 is 20.5 Å². The molecule has 0 bridgehead atoms. The Balaban J connectivity index is 2.79. The summed E-state index contributed by atoms with van der Waals surface area (Å²) in [5, 5.41) is 9.42. The number of carbonyl (C=O) groups is 1. The predicted octanol–water partition coefficient (Wildman–Crippen LogP) is 0.536. The molecule has 5 nitrogen and oxygen atoms in total. The molecule has 1 amide bonds. The number of amides is 1. The van der Waals surface area contributed by atoms with E-state index in [-0.39, 0.29) is 12.5 Å². The van der Waals surface area contributed by atoms with Crippen LogP contribution in [0.4, 0.5) is 0 Å². The minimum atomic E-state index is -1.13. The van der Waals surface area contributed by atoms with Crippen molar-refractivity contribution in [3.05, 3.63) is 29.3 Å². The highest BCUT2D eigenvalue weighted by Gasteiger charge is 2.18. The van der Waals surface area contributed by atoms with Crippen LogP contribution in [0.15, 0.2) is 18.2 Å². The molecule has 0 radical (unpaired) electrons. The van der Waals surface area contributed by atoms with Crippen molar-refractivity contribution >= 4 is 5.91 Å². The zero-order valence-corrected chi connectivity index (χ0v) is 11.7. The number of likely N-dealkylation sites (N-methyl/N-ethyl adjacent to an activating group) is 1. The van der Waals surface area contributed by atoms with Gasteiger partial charge >= 0.3 is 0 Å². The zero-order chi connectivity index (χ0) is 14.4. The lowest BCUT2D eigenvalue weighted by molar-refractivity contribution is -0.138. The number of ether oxygens (including phenoxy) is 1. The molecule has 1 aromatic rings. The van der Waals surface area contributed by atoms with Crippen LogP contribution in [0.25, 0.3) is 0 Å². The van der Waals surface area contributed by atoms with E-state index < -0.39 is 6.10 Å². The lowest BCUT2D eigenvalue weighted by atomic mass is 10.1. The number of aliphatic hydroxyl groups is 1. The van der Waals surface area contributed by atoms with Gasteiger partial charge in [-0.3, -0.25) is 4.79 Å². The second-order valence-corrected chi connectivity index (χ2v) is 4.45. The number of benzene rings is 1. The van der Waals surface area contributed by atoms with Gasteiger partial charge in [-0.1, -0.05) is 19.1 Å². The lowest BCUT2D eigenvalue weighted by Gasteiger charge is -2.20. The molecule has 1 unspecified atom stereocenters. The van der Waals surface area contributed by atoms with Gasteiger partial charge in [-0.2, -0.15) is 0 Å². The van der Waals surface area contributed by atoms with Gasteiger partial charge in [0, 0.05) is 20.1 Å². The number of hydrogen-bond donors (Lipinski definition) is 2. The molecule has 0 saturated heterocycles. The minimum absolute atomic E-state index is 0.0635. The first-order valence-electron chi connectivity index (χ1n) is 6.32. The van der Waals surface area contributed by atoms with Crippen LogP contribution >= 0.6 is 0 Å². The number of hydrogen-bond acceptors (Lipinski definition) is 4. The summed E-state index contributed by atoms with van der Waals surface area (Å²) in [5.41, 5.74) is 7.37. The number of aryl methyl sites for hydroxylation is 1. The molecule has 0 heterocycles. The Kier molecular flexibility index (Phi) is 5.79. The van der Waals surface area contributed by atoms with E-state index in [1.807, 2.05) is 18.2 Å². The Bertz CT molecular complexity index is 435. The summed E-state index contributed by atoms with van der Waals surface area (Å²) in [7, 11) is 3.29. The van der Waals surface area contributed by atoms with Gasteiger partial charge in [-0.05, 0) is 23.6 Å². The number of methoxy groups -OCH3 is 1. The van der Waals surface area contributed by atoms with Crippen molar-refractivity contribution in [2.45, 2.75) is 26.0 Å². The Hall–Kier alpha value is -1.59. The molecule has 0 spiro atoms. The van der Waals surface area contributed by atoms with Crippen LogP contribution in [0.5, 0.6) is 5.75 Å². The SMILES string of the molecule is CCc1cc(CN(C)C(=O)C(O)CN)ccc1OC. The molecule has 106 valence electrons. The molecule has 0 aromatic heterocycles. The maximum absolute atomic E-state index is 11.7. The lowest BCUT2D eigenvalue weighted by Crippen LogP contribution is -2.40. The number of rotatable bonds is 6. The Labute approximate surface area is 114 Å². The topological polar surface area (TPSA) is 75.8 Å². The average molecular weight is 266 g/mol. The molecule has 1 atom stereocenters. The van der Waals surface area contributed by atoms with Crippen LogP contribution in [-0.4, -0.2) is 42.7 Å². The number of carbonyl (C=O) groups excluding carboxylic acids is 1. The fraction of sp³-hybridized carbons (Fsp3) is 0.500. The van der Waals surface area contributed by atoms with Crippen LogP contribution < -0.4 is 10.5 Å². The highest BCUT2D eigenvalue weighted by atomic mass is 16.5. The smallest absolute Gasteiger partial charge is 0.252 e. The van der Waals surface area contributed by atoms with Crippen molar-refractivity contribution in [3.63, 3.8) is 0 Å². The first kappa shape index (κ1) is 15.5. The minimum Gasteiger partial charge on any atom is -0.496 e. The van der Waals surface area contributed by atoms with E-state index in [2.05, 4.69) is 6.92 Å². The molecule has 1 rings (SSSR count). The fourth-order valence-electron chi connectivity index (χ4n) is 1.91. The first-order valence-corrected chi connectivity index (χ1v) is 6.32. The van der Waals surface area contributed by atoms with Crippen LogP contribution in [0.2, 0.25) is 0 Å². The van der Waals surface area contributed by atoms with E-state index in [4.69, 9.17) is 10.5 Å². The Morgan fingerprint density at radius 1 is 1.53 bits per heavy atom. The monoisotopic (exact) mass is 266 g/mol. The molecule has 0 fully saturated rings. The Morgan fingerprint density at radius 3 is 2.74 bits per heavy atom. The first-order chi connectivity index (χ1) is 9.03. The second-order valence-electron chi connectivity index (χ2n) is 4.45. The molecule has 3 N–H and O–H groups in total. The third kappa shape index (κ3) is 3.94. The van der Waals surface area contributed by atoms with Gasteiger partial charge in [0.05, 0.1) is 7.11 Å². The molecular weight excluding hydrogens is 244 g/mol. The molecule has 0 aliphatic heterocycles. The van der Waals surface area contributed by atoms with Gasteiger partial charge in [0.1, 0.15) is 11.9 Å². The van der Waals surface area contributed by atoms with Crippen LogP contribution in [0.1, 0.15) is 18.1 Å². The van der Waals surface area contributed by atoms with E-state index in [1.54, 1.807) is 14.2 Å². The van der Waals surface area contributed by atoms with Gasteiger partial charge in [0.15, 0.2) is 0 Å². The average Bonchev–Trinajstić information content (AvgIpc) is 2.45. The molecule has 1 aromatic carbocycles. The third-order valence-corrected chi connectivity index (χ3v) is 3.03. The summed E-state index contributed by atoms with van der Waals surface area (Å²) in [4.78, 5) is 13.2. The van der Waals surface area contributed by atoms with E-state index in [9.17, 15) is 9.90 Å². The van der Waals surface area contributed by atoms with E-state index in [0.29, 0.717) is 6.54 Å². The molecule has 0 aliphatic rings. The van der Waals surface area contributed by atoms with Crippen molar-refractivity contribution in [2.75, 3.05) is 20.7 Å². The maximum atomic E-state index is 11.7. The summed E-state index contributed by atoms with van der Waals surface area (Å²) in [6.45, 7) is 2.42. The molecule has 0 saturated carbocycles. The number of nitrogens with two attached hydrogens (primary N) is 1. The molecule has 0 aliphatic carbocycles. The number of nitrogens with zero attached hydrogens (tertiary/aromatic N) is 1. The van der Waals surface area contributed by atoms with Crippen molar-refractivity contribution in [2.24, 2.45) is 5.73 Å². The fourth-order valence-corrected chi connectivity index (χ4v) is 1.91. The van der Waals surface area contributed by atoms with Gasteiger partial charge in [0.25, 0.3) is 5.91 Å². The van der Waals surface area contributed by atoms with Crippen molar-refractivity contribution in [1.82, 2.24) is 4.90 Å². The standard InChI is InChI=1S/C14H22N2O3/c1-4-11-7-10(5-6-13(11)19-3)9-16(2)14(18)12(17)8-15/h5-7,12,17H,4,8-9,15H2,1-3H3. The van der Waals surface area contributed by atoms with Gasteiger partial charge in [-0.15, -0.1) is 0 Å². The quantitative estimate of drug-likeness (QED) is 0.788. The largest absolute Gasteiger partial charge is 0.496 e. The highest BCUT2D eigenvalue weighted by molar-refractivity contribution is 5.80. The summed E-state index contributed by atoms with van der Waals surface area (Å²) in [6.07, 6.45) is -0.269.